The highest BCUT2D eigenvalue weighted by Gasteiger charge is 2.30. The van der Waals surface area contributed by atoms with E-state index in [0.717, 1.165) is 11.1 Å². The first-order valence-electron chi connectivity index (χ1n) is 9.84. The number of nitro groups is 1. The van der Waals surface area contributed by atoms with E-state index < -0.39 is 16.6 Å². The van der Waals surface area contributed by atoms with Crippen molar-refractivity contribution < 1.29 is 18.6 Å². The minimum atomic E-state index is -0.675. The van der Waals surface area contributed by atoms with Gasteiger partial charge in [0.1, 0.15) is 4.92 Å². The molecular formula is C21H23N3O6. The van der Waals surface area contributed by atoms with E-state index in [1.807, 2.05) is 18.2 Å². The number of likely N-dealkylation sites (tertiary alicyclic amines) is 1. The van der Waals surface area contributed by atoms with E-state index in [1.165, 1.54) is 12.1 Å². The number of fused-ring (bicyclic) bond motifs is 1. The van der Waals surface area contributed by atoms with Gasteiger partial charge in [-0.25, -0.2) is 4.79 Å². The van der Waals surface area contributed by atoms with Crippen molar-refractivity contribution in [1.82, 2.24) is 9.47 Å². The Morgan fingerprint density at radius 3 is 2.43 bits per heavy atom. The fourth-order valence-corrected chi connectivity index (χ4v) is 3.87. The molecule has 1 amide bonds. The van der Waals surface area contributed by atoms with E-state index in [4.69, 9.17) is 8.83 Å². The monoisotopic (exact) mass is 413 g/mol. The van der Waals surface area contributed by atoms with Gasteiger partial charge >= 0.3 is 11.6 Å². The Bertz CT molecular complexity index is 1170. The van der Waals surface area contributed by atoms with E-state index in [0.29, 0.717) is 31.5 Å². The summed E-state index contributed by atoms with van der Waals surface area (Å²) < 4.78 is 12.1. The van der Waals surface area contributed by atoms with Crippen LogP contribution in [0, 0.1) is 10.1 Å². The quantitative estimate of drug-likeness (QED) is 0.476. The van der Waals surface area contributed by atoms with Crippen LogP contribution >= 0.6 is 0 Å². The lowest BCUT2D eigenvalue weighted by molar-refractivity contribution is -0.402. The molecule has 2 aromatic heterocycles. The Morgan fingerprint density at radius 1 is 1.13 bits per heavy atom. The first-order valence-corrected chi connectivity index (χ1v) is 9.84. The maximum Gasteiger partial charge on any atom is 0.433 e. The number of hydrogen-bond donors (Lipinski definition) is 0. The molecule has 0 bridgehead atoms. The number of carbonyl (C=O) groups excluding carboxylic acids is 1. The van der Waals surface area contributed by atoms with Crippen LogP contribution in [0.5, 0.6) is 0 Å². The van der Waals surface area contributed by atoms with Gasteiger partial charge in [0.05, 0.1) is 11.6 Å². The number of hydrogen-bond acceptors (Lipinski definition) is 6. The Morgan fingerprint density at radius 2 is 1.83 bits per heavy atom. The molecule has 1 fully saturated rings. The molecule has 1 aliphatic rings. The summed E-state index contributed by atoms with van der Waals surface area (Å²) in [5.41, 5.74) is 2.36. The van der Waals surface area contributed by atoms with Crippen molar-refractivity contribution >= 4 is 22.9 Å². The van der Waals surface area contributed by atoms with Gasteiger partial charge in [0.15, 0.2) is 11.3 Å². The minimum Gasteiger partial charge on any atom is -0.408 e. The Balaban J connectivity index is 1.54. The van der Waals surface area contributed by atoms with E-state index in [2.05, 4.69) is 20.8 Å². The standard InChI is InChI=1S/C21H23N3O6/c1-21(2,3)13-4-5-16-15(12-13)23(20(26)30-16)14-8-10-22(11-9-14)19(25)17-6-7-18(29-17)24(27)28/h4-7,12,14H,8-11H2,1-3H3. The van der Waals surface area contributed by atoms with Crippen LogP contribution in [0.4, 0.5) is 5.88 Å². The van der Waals surface area contributed by atoms with E-state index in [1.54, 1.807) is 9.47 Å². The normalized spacial score (nSPS) is 15.6. The van der Waals surface area contributed by atoms with Crippen molar-refractivity contribution in [3.63, 3.8) is 0 Å². The van der Waals surface area contributed by atoms with Crippen LogP contribution in [0.1, 0.15) is 55.8 Å². The highest BCUT2D eigenvalue weighted by atomic mass is 16.6. The predicted molar refractivity (Wildman–Crippen MR) is 109 cm³/mol. The number of aromatic nitrogens is 1. The van der Waals surface area contributed by atoms with Crippen LogP contribution < -0.4 is 5.76 Å². The van der Waals surface area contributed by atoms with Crippen molar-refractivity contribution in [3.05, 3.63) is 62.3 Å². The SMILES string of the molecule is CC(C)(C)c1ccc2oc(=O)n(C3CCN(C(=O)c4ccc([N+](=O)[O-])o4)CC3)c2c1. The van der Waals surface area contributed by atoms with Gasteiger partial charge in [0.2, 0.25) is 0 Å². The van der Waals surface area contributed by atoms with Gasteiger partial charge in [-0.05, 0) is 42.0 Å². The number of nitrogens with zero attached hydrogens (tertiary/aromatic N) is 3. The highest BCUT2D eigenvalue weighted by molar-refractivity contribution is 5.91. The summed E-state index contributed by atoms with van der Waals surface area (Å²) in [6, 6.07) is 8.19. The lowest BCUT2D eigenvalue weighted by Gasteiger charge is -2.31. The summed E-state index contributed by atoms with van der Waals surface area (Å²) in [7, 11) is 0. The number of rotatable bonds is 3. The molecule has 0 aliphatic carbocycles. The fraction of sp³-hybridized carbons (Fsp3) is 0.429. The molecule has 0 unspecified atom stereocenters. The van der Waals surface area contributed by atoms with Crippen molar-refractivity contribution in [3.8, 4) is 0 Å². The van der Waals surface area contributed by atoms with Crippen LogP contribution in [-0.2, 0) is 5.41 Å². The number of amides is 1. The van der Waals surface area contributed by atoms with Gasteiger partial charge in [0.25, 0.3) is 5.91 Å². The molecule has 0 atom stereocenters. The topological polar surface area (TPSA) is 112 Å². The second kappa shape index (κ2) is 7.16. The number of benzene rings is 1. The fourth-order valence-electron chi connectivity index (χ4n) is 3.87. The zero-order valence-electron chi connectivity index (χ0n) is 17.1. The maximum atomic E-state index is 12.6. The van der Waals surface area contributed by atoms with E-state index in [9.17, 15) is 19.7 Å². The van der Waals surface area contributed by atoms with Gasteiger partial charge in [-0.1, -0.05) is 26.8 Å². The number of carbonyl (C=O) groups is 1. The molecule has 0 spiro atoms. The second-order valence-electron chi connectivity index (χ2n) is 8.59. The van der Waals surface area contributed by atoms with Crippen molar-refractivity contribution in [2.45, 2.75) is 45.1 Å². The molecular weight excluding hydrogens is 390 g/mol. The average Bonchev–Trinajstić information content (AvgIpc) is 3.30. The molecule has 30 heavy (non-hydrogen) atoms. The Kier molecular flexibility index (Phi) is 4.76. The first kappa shape index (κ1) is 19.9. The molecule has 9 heteroatoms. The summed E-state index contributed by atoms with van der Waals surface area (Å²) in [4.78, 5) is 36.8. The van der Waals surface area contributed by atoms with Crippen LogP contribution in [0.15, 0.2) is 44.0 Å². The highest BCUT2D eigenvalue weighted by Crippen LogP contribution is 2.30. The smallest absolute Gasteiger partial charge is 0.408 e. The molecule has 3 aromatic rings. The Hall–Kier alpha value is -3.36. The summed E-state index contributed by atoms with van der Waals surface area (Å²) in [6.07, 6.45) is 1.14. The molecule has 158 valence electrons. The lowest BCUT2D eigenvalue weighted by Crippen LogP contribution is -2.40. The molecule has 0 radical (unpaired) electrons. The van der Waals surface area contributed by atoms with Gasteiger partial charge in [0, 0.05) is 19.1 Å². The predicted octanol–water partition coefficient (Wildman–Crippen LogP) is 3.87. The third kappa shape index (κ3) is 3.51. The van der Waals surface area contributed by atoms with E-state index in [-0.39, 0.29) is 23.1 Å². The summed E-state index contributed by atoms with van der Waals surface area (Å²) in [5, 5.41) is 10.8. The molecule has 0 N–H and O–H groups in total. The lowest BCUT2D eigenvalue weighted by atomic mass is 9.87. The van der Waals surface area contributed by atoms with Crippen LogP contribution in [0.25, 0.3) is 11.1 Å². The van der Waals surface area contributed by atoms with Gasteiger partial charge in [-0.2, -0.15) is 0 Å². The summed E-state index contributed by atoms with van der Waals surface area (Å²) in [6.45, 7) is 7.16. The molecule has 1 aromatic carbocycles. The first-order chi connectivity index (χ1) is 14.1. The van der Waals surface area contributed by atoms with Gasteiger partial charge in [-0.3, -0.25) is 19.5 Å². The number of piperidine rings is 1. The number of furan rings is 1. The zero-order chi connectivity index (χ0) is 21.6. The number of oxazole rings is 1. The third-order valence-corrected chi connectivity index (χ3v) is 5.58. The van der Waals surface area contributed by atoms with Crippen molar-refractivity contribution in [2.75, 3.05) is 13.1 Å². The molecule has 9 nitrogen and oxygen atoms in total. The van der Waals surface area contributed by atoms with Crippen molar-refractivity contribution in [1.29, 1.82) is 0 Å². The zero-order valence-corrected chi connectivity index (χ0v) is 17.1. The Labute approximate surface area is 172 Å². The van der Waals surface area contributed by atoms with Gasteiger partial charge in [-0.15, -0.1) is 0 Å². The average molecular weight is 413 g/mol. The maximum absolute atomic E-state index is 12.6. The van der Waals surface area contributed by atoms with Crippen LogP contribution in [0.2, 0.25) is 0 Å². The largest absolute Gasteiger partial charge is 0.433 e. The second-order valence-corrected chi connectivity index (χ2v) is 8.59. The summed E-state index contributed by atoms with van der Waals surface area (Å²) >= 11 is 0. The third-order valence-electron chi connectivity index (χ3n) is 5.58. The molecule has 3 heterocycles. The van der Waals surface area contributed by atoms with E-state index >= 15 is 0 Å². The molecule has 1 aliphatic heterocycles. The summed E-state index contributed by atoms with van der Waals surface area (Å²) in [5.74, 6) is -1.30. The van der Waals surface area contributed by atoms with Gasteiger partial charge < -0.3 is 13.7 Å². The van der Waals surface area contributed by atoms with Crippen molar-refractivity contribution in [2.24, 2.45) is 0 Å². The minimum absolute atomic E-state index is 0.0547. The van der Waals surface area contributed by atoms with Crippen LogP contribution in [-0.4, -0.2) is 33.4 Å². The van der Waals surface area contributed by atoms with Crippen LogP contribution in [0.3, 0.4) is 0 Å². The molecule has 1 saturated heterocycles. The molecule has 0 saturated carbocycles. The molecule has 4 rings (SSSR count).